The molecule has 0 aliphatic carbocycles. The van der Waals surface area contributed by atoms with Gasteiger partial charge in [-0.3, -0.25) is 19.4 Å². The Labute approximate surface area is 103 Å². The molecule has 96 valence electrons. The summed E-state index contributed by atoms with van der Waals surface area (Å²) in [5, 5.41) is 8.70. The molecule has 0 atom stereocenters. The van der Waals surface area contributed by atoms with Crippen molar-refractivity contribution in [3.05, 3.63) is 29.6 Å². The van der Waals surface area contributed by atoms with Crippen LogP contribution in [0.15, 0.2) is 18.3 Å². The molecule has 7 nitrogen and oxygen atoms in total. The van der Waals surface area contributed by atoms with Crippen LogP contribution in [0.4, 0.5) is 0 Å². The van der Waals surface area contributed by atoms with Gasteiger partial charge in [0.05, 0.1) is 0 Å². The van der Waals surface area contributed by atoms with Crippen molar-refractivity contribution in [2.45, 2.75) is 6.92 Å². The molecule has 7 heteroatoms. The van der Waals surface area contributed by atoms with Crippen molar-refractivity contribution in [3.63, 3.8) is 0 Å². The van der Waals surface area contributed by atoms with E-state index in [1.54, 1.807) is 19.1 Å². The number of aromatic nitrogens is 1. The number of carbonyl (C=O) groups is 3. The van der Waals surface area contributed by atoms with Crippen molar-refractivity contribution in [1.29, 1.82) is 0 Å². The molecule has 1 aromatic rings. The molecule has 0 radical (unpaired) electrons. The number of carboxylic acid groups (broad SMARTS) is 1. The molecule has 18 heavy (non-hydrogen) atoms. The van der Waals surface area contributed by atoms with Gasteiger partial charge in [-0.25, -0.2) is 0 Å². The Morgan fingerprint density at radius 2 is 2.06 bits per heavy atom. The second-order valence-electron chi connectivity index (χ2n) is 3.69. The fraction of sp³-hybridized carbons (Fsp3) is 0.273. The average molecular weight is 251 g/mol. The van der Waals surface area contributed by atoms with Gasteiger partial charge in [-0.15, -0.1) is 0 Å². The smallest absolute Gasteiger partial charge is 0.323 e. The maximum absolute atomic E-state index is 12.0. The lowest BCUT2D eigenvalue weighted by Gasteiger charge is -2.19. The van der Waals surface area contributed by atoms with E-state index in [1.165, 1.54) is 6.20 Å². The Morgan fingerprint density at radius 3 is 2.56 bits per heavy atom. The molecular formula is C11H13N3O4. The number of aliphatic carboxylic acids is 1. The summed E-state index contributed by atoms with van der Waals surface area (Å²) in [7, 11) is 0. The van der Waals surface area contributed by atoms with E-state index >= 15 is 0 Å². The summed E-state index contributed by atoms with van der Waals surface area (Å²) in [6.45, 7) is 0.613. The zero-order chi connectivity index (χ0) is 13.7. The molecule has 1 heterocycles. The van der Waals surface area contributed by atoms with E-state index in [0.29, 0.717) is 5.56 Å². The van der Waals surface area contributed by atoms with Gasteiger partial charge < -0.3 is 15.7 Å². The van der Waals surface area contributed by atoms with Crippen LogP contribution in [0.2, 0.25) is 0 Å². The van der Waals surface area contributed by atoms with Crippen molar-refractivity contribution in [2.75, 3.05) is 13.1 Å². The standard InChI is InChI=1S/C11H13N3O4/c1-7-3-2-4-13-10(7)11(18)14(5-8(12)15)6-9(16)17/h2-4H,5-6H2,1H3,(H2,12,15)(H,16,17). The van der Waals surface area contributed by atoms with Gasteiger partial charge in [0.15, 0.2) is 0 Å². The molecule has 1 aromatic heterocycles. The van der Waals surface area contributed by atoms with Crippen LogP contribution < -0.4 is 5.73 Å². The van der Waals surface area contributed by atoms with E-state index in [9.17, 15) is 14.4 Å². The van der Waals surface area contributed by atoms with E-state index in [1.807, 2.05) is 0 Å². The summed E-state index contributed by atoms with van der Waals surface area (Å²) in [6.07, 6.45) is 1.42. The molecule has 3 N–H and O–H groups in total. The van der Waals surface area contributed by atoms with E-state index in [-0.39, 0.29) is 5.69 Å². The number of amides is 2. The Morgan fingerprint density at radius 1 is 1.39 bits per heavy atom. The van der Waals surface area contributed by atoms with E-state index in [0.717, 1.165) is 4.90 Å². The molecule has 0 fully saturated rings. The number of hydrogen-bond donors (Lipinski definition) is 2. The monoisotopic (exact) mass is 251 g/mol. The van der Waals surface area contributed by atoms with Crippen LogP contribution in [0.1, 0.15) is 16.1 Å². The van der Waals surface area contributed by atoms with Crippen LogP contribution in [0, 0.1) is 6.92 Å². The van der Waals surface area contributed by atoms with Crippen LogP contribution in [-0.2, 0) is 9.59 Å². The minimum absolute atomic E-state index is 0.111. The maximum atomic E-state index is 12.0. The summed E-state index contributed by atoms with van der Waals surface area (Å²) in [6, 6.07) is 3.32. The number of primary amides is 1. The first-order chi connectivity index (χ1) is 8.41. The molecule has 0 aromatic carbocycles. The van der Waals surface area contributed by atoms with Crippen molar-refractivity contribution in [3.8, 4) is 0 Å². The topological polar surface area (TPSA) is 114 Å². The fourth-order valence-corrected chi connectivity index (χ4v) is 1.41. The number of aryl methyl sites for hydroxylation is 1. The van der Waals surface area contributed by atoms with Crippen molar-refractivity contribution < 1.29 is 19.5 Å². The lowest BCUT2D eigenvalue weighted by Crippen LogP contribution is -2.42. The van der Waals surface area contributed by atoms with E-state index < -0.39 is 30.9 Å². The number of nitrogens with two attached hydrogens (primary N) is 1. The van der Waals surface area contributed by atoms with Crippen molar-refractivity contribution >= 4 is 17.8 Å². The highest BCUT2D eigenvalue weighted by Gasteiger charge is 2.22. The van der Waals surface area contributed by atoms with E-state index in [4.69, 9.17) is 10.8 Å². The number of nitrogens with zero attached hydrogens (tertiary/aromatic N) is 2. The third-order valence-electron chi connectivity index (χ3n) is 2.17. The summed E-state index contributed by atoms with van der Waals surface area (Å²) >= 11 is 0. The first-order valence-corrected chi connectivity index (χ1v) is 5.12. The quantitative estimate of drug-likeness (QED) is 0.725. The summed E-state index contributed by atoms with van der Waals surface area (Å²) in [4.78, 5) is 38.2. The third-order valence-corrected chi connectivity index (χ3v) is 2.17. The van der Waals surface area contributed by atoms with Crippen LogP contribution in [0.3, 0.4) is 0 Å². The Bertz CT molecular complexity index is 471. The third kappa shape index (κ3) is 3.55. The molecule has 0 unspecified atom stereocenters. The highest BCUT2D eigenvalue weighted by molar-refractivity contribution is 5.97. The zero-order valence-corrected chi connectivity index (χ0v) is 9.79. The van der Waals surface area contributed by atoms with Gasteiger partial charge in [-0.1, -0.05) is 6.07 Å². The number of hydrogen-bond acceptors (Lipinski definition) is 4. The van der Waals surface area contributed by atoms with Crippen LogP contribution in [0.25, 0.3) is 0 Å². The molecule has 0 aliphatic heterocycles. The van der Waals surface area contributed by atoms with Gasteiger partial charge in [-0.2, -0.15) is 0 Å². The minimum Gasteiger partial charge on any atom is -0.480 e. The molecular weight excluding hydrogens is 238 g/mol. The first kappa shape index (κ1) is 13.6. The Balaban J connectivity index is 2.98. The van der Waals surface area contributed by atoms with Crippen LogP contribution in [-0.4, -0.2) is 45.9 Å². The van der Waals surface area contributed by atoms with Gasteiger partial charge in [0.1, 0.15) is 18.8 Å². The lowest BCUT2D eigenvalue weighted by atomic mass is 10.2. The summed E-state index contributed by atoms with van der Waals surface area (Å²) in [5.74, 6) is -2.63. The predicted octanol–water partition coefficient (Wildman–Crippen LogP) is -0.598. The number of rotatable bonds is 5. The van der Waals surface area contributed by atoms with Gasteiger partial charge >= 0.3 is 5.97 Å². The molecule has 0 spiro atoms. The van der Waals surface area contributed by atoms with Gasteiger partial charge in [0, 0.05) is 6.20 Å². The second kappa shape index (κ2) is 5.76. The Kier molecular flexibility index (Phi) is 4.36. The van der Waals surface area contributed by atoms with Gasteiger partial charge in [0.2, 0.25) is 5.91 Å². The highest BCUT2D eigenvalue weighted by Crippen LogP contribution is 2.07. The zero-order valence-electron chi connectivity index (χ0n) is 9.79. The molecule has 0 bridgehead atoms. The largest absolute Gasteiger partial charge is 0.480 e. The molecule has 0 saturated heterocycles. The minimum atomic E-state index is -1.22. The summed E-state index contributed by atoms with van der Waals surface area (Å²) in [5.41, 5.74) is 5.69. The van der Waals surface area contributed by atoms with Crippen LogP contribution >= 0.6 is 0 Å². The number of pyridine rings is 1. The lowest BCUT2D eigenvalue weighted by molar-refractivity contribution is -0.138. The van der Waals surface area contributed by atoms with E-state index in [2.05, 4.69) is 4.98 Å². The molecule has 0 saturated carbocycles. The second-order valence-corrected chi connectivity index (χ2v) is 3.69. The van der Waals surface area contributed by atoms with Gasteiger partial charge in [-0.05, 0) is 18.6 Å². The highest BCUT2D eigenvalue weighted by atomic mass is 16.4. The molecule has 2 amide bonds. The Hall–Kier alpha value is -2.44. The van der Waals surface area contributed by atoms with Crippen molar-refractivity contribution in [2.24, 2.45) is 5.73 Å². The predicted molar refractivity (Wildman–Crippen MR) is 61.7 cm³/mol. The normalized spacial score (nSPS) is 9.83. The average Bonchev–Trinajstić information content (AvgIpc) is 2.26. The van der Waals surface area contributed by atoms with Gasteiger partial charge in [0.25, 0.3) is 5.91 Å². The number of carbonyl (C=O) groups excluding carboxylic acids is 2. The first-order valence-electron chi connectivity index (χ1n) is 5.12. The molecule has 1 rings (SSSR count). The SMILES string of the molecule is Cc1cccnc1C(=O)N(CC(N)=O)CC(=O)O. The summed E-state index contributed by atoms with van der Waals surface area (Å²) < 4.78 is 0. The maximum Gasteiger partial charge on any atom is 0.323 e. The molecule has 0 aliphatic rings. The van der Waals surface area contributed by atoms with Crippen molar-refractivity contribution in [1.82, 2.24) is 9.88 Å². The fourth-order valence-electron chi connectivity index (χ4n) is 1.41. The number of carboxylic acids is 1. The van der Waals surface area contributed by atoms with Crippen LogP contribution in [0.5, 0.6) is 0 Å².